The number of rotatable bonds is 3. The molecular weight excluding hydrogens is 353 g/mol. The van der Waals surface area contributed by atoms with Crippen LogP contribution >= 0.6 is 0 Å². The number of hydrogen-bond acceptors (Lipinski definition) is 6. The maximum absolute atomic E-state index is 15.0. The molecule has 27 heavy (non-hydrogen) atoms. The summed E-state index contributed by atoms with van der Waals surface area (Å²) in [4.78, 5) is 29.0. The summed E-state index contributed by atoms with van der Waals surface area (Å²) in [6.07, 6.45) is 4.42. The fourth-order valence-electron chi connectivity index (χ4n) is 3.52. The average Bonchev–Trinajstić information content (AvgIpc) is 2.65. The quantitative estimate of drug-likeness (QED) is 0.766. The van der Waals surface area contributed by atoms with E-state index in [1.54, 1.807) is 17.7 Å². The third kappa shape index (κ3) is 2.86. The van der Waals surface area contributed by atoms with Gasteiger partial charge in [0.15, 0.2) is 11.6 Å². The van der Waals surface area contributed by atoms with Crippen LogP contribution in [0.1, 0.15) is 17.3 Å². The minimum Gasteiger partial charge on any atom is -0.462 e. The second-order valence-corrected chi connectivity index (χ2v) is 6.63. The molecule has 0 unspecified atom stereocenters. The maximum atomic E-state index is 15.0. The number of carbonyl (C=O) groups excluding carboxylic acids is 1. The molecule has 8 heteroatoms. The zero-order valence-corrected chi connectivity index (χ0v) is 15.2. The molecule has 2 aliphatic rings. The molecule has 0 radical (unpaired) electrons. The van der Waals surface area contributed by atoms with Crippen LogP contribution in [0.3, 0.4) is 0 Å². The van der Waals surface area contributed by atoms with E-state index in [9.17, 15) is 9.59 Å². The van der Waals surface area contributed by atoms with Crippen LogP contribution in [0.25, 0.3) is 17.1 Å². The number of esters is 1. The molecule has 0 atom stereocenters. The summed E-state index contributed by atoms with van der Waals surface area (Å²) in [6, 6.07) is 1.19. The Morgan fingerprint density at radius 1 is 1.30 bits per heavy atom. The molecule has 1 aromatic carbocycles. The number of likely N-dealkylation sites (N-methyl/N-ethyl adjacent to an activating group) is 1. The molecule has 0 aliphatic carbocycles. The Kier molecular flexibility index (Phi) is 4.35. The zero-order valence-electron chi connectivity index (χ0n) is 15.2. The lowest BCUT2D eigenvalue weighted by atomic mass is 10.1. The number of piperazine rings is 1. The SMILES string of the molecule is CCOC(=O)c1cn2c3c(c(N4CCN(C)CC4)c(F)cc3c1=O)OC=C2. The third-order valence-corrected chi connectivity index (χ3v) is 4.92. The van der Waals surface area contributed by atoms with Crippen molar-refractivity contribution in [1.82, 2.24) is 9.47 Å². The second kappa shape index (κ2) is 6.70. The highest BCUT2D eigenvalue weighted by molar-refractivity contribution is 5.98. The van der Waals surface area contributed by atoms with Crippen LogP contribution in [0, 0.1) is 5.82 Å². The Morgan fingerprint density at radius 2 is 2.04 bits per heavy atom. The largest absolute Gasteiger partial charge is 0.462 e. The van der Waals surface area contributed by atoms with Crippen LogP contribution in [0.2, 0.25) is 0 Å². The molecule has 142 valence electrons. The molecule has 0 spiro atoms. The topological polar surface area (TPSA) is 64.0 Å². The van der Waals surface area contributed by atoms with Gasteiger partial charge in [0.05, 0.1) is 12.0 Å². The maximum Gasteiger partial charge on any atom is 0.343 e. The molecule has 7 nitrogen and oxygen atoms in total. The Balaban J connectivity index is 1.93. The van der Waals surface area contributed by atoms with E-state index in [0.29, 0.717) is 30.0 Å². The highest BCUT2D eigenvalue weighted by Gasteiger charge is 2.28. The first kappa shape index (κ1) is 17.5. The number of carbonyl (C=O) groups is 1. The lowest BCUT2D eigenvalue weighted by Crippen LogP contribution is -2.45. The van der Waals surface area contributed by atoms with Gasteiger partial charge in [-0.05, 0) is 20.0 Å². The molecule has 1 saturated heterocycles. The van der Waals surface area contributed by atoms with Gasteiger partial charge < -0.3 is 23.8 Å². The van der Waals surface area contributed by atoms with E-state index in [0.717, 1.165) is 13.1 Å². The summed E-state index contributed by atoms with van der Waals surface area (Å²) in [7, 11) is 2.02. The molecule has 2 aliphatic heterocycles. The van der Waals surface area contributed by atoms with Gasteiger partial charge in [-0.3, -0.25) is 4.79 Å². The lowest BCUT2D eigenvalue weighted by molar-refractivity contribution is 0.0524. The van der Waals surface area contributed by atoms with E-state index in [-0.39, 0.29) is 17.6 Å². The molecule has 2 aromatic rings. The molecule has 0 amide bonds. The number of nitrogens with zero attached hydrogens (tertiary/aromatic N) is 3. The Bertz CT molecular complexity index is 1010. The van der Waals surface area contributed by atoms with Gasteiger partial charge in [-0.25, -0.2) is 9.18 Å². The number of ether oxygens (including phenoxy) is 2. The van der Waals surface area contributed by atoms with Gasteiger partial charge in [0.2, 0.25) is 5.43 Å². The second-order valence-electron chi connectivity index (χ2n) is 6.63. The highest BCUT2D eigenvalue weighted by atomic mass is 19.1. The first-order valence-corrected chi connectivity index (χ1v) is 8.86. The smallest absolute Gasteiger partial charge is 0.343 e. The highest BCUT2D eigenvalue weighted by Crippen LogP contribution is 2.40. The summed E-state index contributed by atoms with van der Waals surface area (Å²) < 4.78 is 27.2. The van der Waals surface area contributed by atoms with Crippen molar-refractivity contribution < 1.29 is 18.7 Å². The van der Waals surface area contributed by atoms with Gasteiger partial charge in [-0.2, -0.15) is 0 Å². The molecule has 4 rings (SSSR count). The standard InChI is InChI=1S/C19H20FN3O4/c1-3-26-19(25)13-11-23-8-9-27-18-15(23)12(17(13)24)10-14(20)16(18)22-6-4-21(2)5-7-22/h8-11H,3-7H2,1-2H3. The first-order chi connectivity index (χ1) is 13.0. The Labute approximate surface area is 155 Å². The van der Waals surface area contributed by atoms with E-state index >= 15 is 4.39 Å². The molecule has 1 aromatic heterocycles. The minimum absolute atomic E-state index is 0.0929. The number of aromatic nitrogens is 1. The van der Waals surface area contributed by atoms with E-state index in [2.05, 4.69) is 4.90 Å². The van der Waals surface area contributed by atoms with Crippen molar-refractivity contribution in [2.24, 2.45) is 0 Å². The molecule has 3 heterocycles. The fourth-order valence-corrected chi connectivity index (χ4v) is 3.52. The lowest BCUT2D eigenvalue weighted by Gasteiger charge is -2.35. The summed E-state index contributed by atoms with van der Waals surface area (Å²) in [6.45, 7) is 4.74. The third-order valence-electron chi connectivity index (χ3n) is 4.92. The number of pyridine rings is 1. The van der Waals surface area contributed by atoms with Gasteiger partial charge in [-0.1, -0.05) is 0 Å². The van der Waals surface area contributed by atoms with Crippen molar-refractivity contribution in [3.8, 4) is 5.75 Å². The van der Waals surface area contributed by atoms with E-state index < -0.39 is 17.2 Å². The van der Waals surface area contributed by atoms with Crippen LogP contribution in [0.5, 0.6) is 5.75 Å². The normalized spacial score (nSPS) is 16.5. The Morgan fingerprint density at radius 3 is 2.74 bits per heavy atom. The number of halogens is 1. The molecule has 0 saturated carbocycles. The monoisotopic (exact) mass is 373 g/mol. The number of anilines is 1. The van der Waals surface area contributed by atoms with Gasteiger partial charge in [-0.15, -0.1) is 0 Å². The van der Waals surface area contributed by atoms with Crippen molar-refractivity contribution in [3.05, 3.63) is 40.1 Å². The van der Waals surface area contributed by atoms with Crippen molar-refractivity contribution in [1.29, 1.82) is 0 Å². The summed E-state index contributed by atoms with van der Waals surface area (Å²) in [5.74, 6) is -0.968. The number of hydrogen-bond donors (Lipinski definition) is 0. The van der Waals surface area contributed by atoms with Gasteiger partial charge in [0, 0.05) is 38.6 Å². The molecule has 0 bridgehead atoms. The van der Waals surface area contributed by atoms with Crippen molar-refractivity contribution in [2.75, 3.05) is 44.7 Å². The van der Waals surface area contributed by atoms with Gasteiger partial charge >= 0.3 is 5.97 Å². The predicted octanol–water partition coefficient (Wildman–Crippen LogP) is 1.89. The summed E-state index contributed by atoms with van der Waals surface area (Å²) in [5, 5.41) is 0.0929. The van der Waals surface area contributed by atoms with Crippen molar-refractivity contribution in [2.45, 2.75) is 6.92 Å². The van der Waals surface area contributed by atoms with Crippen LogP contribution < -0.4 is 15.1 Å². The van der Waals surface area contributed by atoms with Crippen LogP contribution in [0.4, 0.5) is 10.1 Å². The van der Waals surface area contributed by atoms with E-state index in [4.69, 9.17) is 9.47 Å². The van der Waals surface area contributed by atoms with Crippen molar-refractivity contribution in [3.63, 3.8) is 0 Å². The predicted molar refractivity (Wildman–Crippen MR) is 99.8 cm³/mol. The van der Waals surface area contributed by atoms with Crippen LogP contribution in [0.15, 0.2) is 23.3 Å². The summed E-state index contributed by atoms with van der Waals surface area (Å²) >= 11 is 0. The molecule has 1 fully saturated rings. The molecule has 0 N–H and O–H groups in total. The van der Waals surface area contributed by atoms with Gasteiger partial charge in [0.1, 0.15) is 23.0 Å². The van der Waals surface area contributed by atoms with Gasteiger partial charge in [0.25, 0.3) is 0 Å². The van der Waals surface area contributed by atoms with Crippen LogP contribution in [-0.2, 0) is 4.74 Å². The van der Waals surface area contributed by atoms with E-state index in [1.165, 1.54) is 18.5 Å². The Hall–Kier alpha value is -2.87. The average molecular weight is 373 g/mol. The minimum atomic E-state index is -0.724. The van der Waals surface area contributed by atoms with E-state index in [1.807, 2.05) is 11.9 Å². The van der Waals surface area contributed by atoms with Crippen LogP contribution in [-0.4, -0.2) is 55.3 Å². The summed E-state index contributed by atoms with van der Waals surface area (Å²) in [5.41, 5.74) is 0.0973. The fraction of sp³-hybridized carbons (Fsp3) is 0.368. The number of benzene rings is 1. The van der Waals surface area contributed by atoms with Crippen molar-refractivity contribution >= 4 is 28.8 Å². The zero-order chi connectivity index (χ0) is 19.1. The first-order valence-electron chi connectivity index (χ1n) is 8.86. The molecular formula is C19H20FN3O4.